The second kappa shape index (κ2) is 4.44. The topological polar surface area (TPSA) is 49.4 Å². The smallest absolute Gasteiger partial charge is 0.242 e. The first-order valence-corrected chi connectivity index (χ1v) is 6.19. The fraction of sp³-hybridized carbons (Fsp3) is 0.833. The van der Waals surface area contributed by atoms with E-state index in [1.807, 2.05) is 4.90 Å². The van der Waals surface area contributed by atoms with Gasteiger partial charge in [0.2, 0.25) is 11.8 Å². The molecular formula is C12H20N2O2. The number of nitrogens with zero attached hydrogens (tertiary/aromatic N) is 1. The summed E-state index contributed by atoms with van der Waals surface area (Å²) in [5.41, 5.74) is -0.0123. The van der Waals surface area contributed by atoms with E-state index in [0.29, 0.717) is 13.0 Å². The van der Waals surface area contributed by atoms with Crippen LogP contribution in [0.5, 0.6) is 0 Å². The Bertz CT molecular complexity index is 295. The van der Waals surface area contributed by atoms with Gasteiger partial charge in [-0.25, -0.2) is 0 Å². The first-order chi connectivity index (χ1) is 7.62. The van der Waals surface area contributed by atoms with Crippen LogP contribution in [-0.4, -0.2) is 35.3 Å². The molecule has 0 bridgehead atoms. The predicted molar refractivity (Wildman–Crippen MR) is 60.8 cm³/mol. The summed E-state index contributed by atoms with van der Waals surface area (Å²) >= 11 is 0. The van der Waals surface area contributed by atoms with E-state index >= 15 is 0 Å². The average Bonchev–Trinajstić information content (AvgIpc) is 2.43. The summed E-state index contributed by atoms with van der Waals surface area (Å²) in [5, 5.41) is 2.65. The van der Waals surface area contributed by atoms with Gasteiger partial charge in [0, 0.05) is 18.5 Å². The van der Waals surface area contributed by atoms with Gasteiger partial charge in [-0.05, 0) is 19.8 Å². The Labute approximate surface area is 96.4 Å². The second-order valence-corrected chi connectivity index (χ2v) is 5.13. The number of hydrogen-bond acceptors (Lipinski definition) is 2. The van der Waals surface area contributed by atoms with Gasteiger partial charge >= 0.3 is 0 Å². The van der Waals surface area contributed by atoms with E-state index in [4.69, 9.17) is 0 Å². The van der Waals surface area contributed by atoms with E-state index in [1.54, 1.807) is 0 Å². The zero-order chi connectivity index (χ0) is 11.6. The molecule has 2 rings (SSSR count). The van der Waals surface area contributed by atoms with Crippen molar-refractivity contribution >= 4 is 11.8 Å². The van der Waals surface area contributed by atoms with Crippen molar-refractivity contribution in [2.75, 3.05) is 13.1 Å². The average molecular weight is 224 g/mol. The summed E-state index contributed by atoms with van der Waals surface area (Å²) in [7, 11) is 0. The lowest BCUT2D eigenvalue weighted by Gasteiger charge is -2.43. The van der Waals surface area contributed by atoms with Gasteiger partial charge in [-0.3, -0.25) is 9.59 Å². The normalized spacial score (nSPS) is 26.2. The summed E-state index contributed by atoms with van der Waals surface area (Å²) in [6, 6.07) is 0. The van der Waals surface area contributed by atoms with Crippen molar-refractivity contribution in [3.63, 3.8) is 0 Å². The van der Waals surface area contributed by atoms with Crippen molar-refractivity contribution in [1.29, 1.82) is 0 Å². The highest BCUT2D eigenvalue weighted by molar-refractivity contribution is 5.87. The van der Waals surface area contributed by atoms with Crippen molar-refractivity contribution in [3.8, 4) is 0 Å². The number of hydrogen-bond donors (Lipinski definition) is 1. The van der Waals surface area contributed by atoms with Crippen LogP contribution in [0.4, 0.5) is 0 Å². The third-order valence-electron chi connectivity index (χ3n) is 3.88. The third kappa shape index (κ3) is 2.20. The van der Waals surface area contributed by atoms with Gasteiger partial charge in [0.1, 0.15) is 0 Å². The van der Waals surface area contributed by atoms with Gasteiger partial charge in [-0.2, -0.15) is 0 Å². The predicted octanol–water partition coefficient (Wildman–Crippen LogP) is 1.06. The molecule has 2 aliphatic rings. The van der Waals surface area contributed by atoms with Crippen molar-refractivity contribution < 1.29 is 9.59 Å². The maximum atomic E-state index is 12.0. The largest absolute Gasteiger partial charge is 0.347 e. The van der Waals surface area contributed by atoms with Crippen LogP contribution < -0.4 is 5.32 Å². The quantitative estimate of drug-likeness (QED) is 0.724. The lowest BCUT2D eigenvalue weighted by atomic mass is 9.81. The lowest BCUT2D eigenvalue weighted by molar-refractivity contribution is -0.136. The molecule has 0 radical (unpaired) electrons. The molecule has 1 heterocycles. The Hall–Kier alpha value is -1.06. The lowest BCUT2D eigenvalue weighted by Crippen LogP contribution is -2.52. The Morgan fingerprint density at radius 2 is 1.88 bits per heavy atom. The number of carbonyl (C=O) groups is 2. The Morgan fingerprint density at radius 3 is 2.56 bits per heavy atom. The van der Waals surface area contributed by atoms with Gasteiger partial charge in [0.15, 0.2) is 0 Å². The molecule has 1 saturated carbocycles. The molecular weight excluding hydrogens is 204 g/mol. The van der Waals surface area contributed by atoms with E-state index in [1.165, 1.54) is 19.3 Å². The summed E-state index contributed by atoms with van der Waals surface area (Å²) in [6.45, 7) is 2.93. The minimum atomic E-state index is -0.0123. The Balaban J connectivity index is 2.11. The summed E-state index contributed by atoms with van der Waals surface area (Å²) < 4.78 is 0. The van der Waals surface area contributed by atoms with Gasteiger partial charge in [0.05, 0.1) is 6.54 Å². The van der Waals surface area contributed by atoms with Crippen LogP contribution in [0.1, 0.15) is 45.4 Å². The Kier molecular flexibility index (Phi) is 3.17. The molecule has 1 N–H and O–H groups in total. The minimum Gasteiger partial charge on any atom is -0.347 e. The molecule has 4 nitrogen and oxygen atoms in total. The SMILES string of the molecule is CC1(N2CCC(=O)NCC2=O)CCCCC1. The number of amides is 2. The molecule has 0 aromatic rings. The van der Waals surface area contributed by atoms with Gasteiger partial charge < -0.3 is 10.2 Å². The van der Waals surface area contributed by atoms with Crippen molar-refractivity contribution in [2.24, 2.45) is 0 Å². The highest BCUT2D eigenvalue weighted by atomic mass is 16.2. The Morgan fingerprint density at radius 1 is 1.19 bits per heavy atom. The van der Waals surface area contributed by atoms with Crippen LogP contribution in [0, 0.1) is 0 Å². The van der Waals surface area contributed by atoms with E-state index < -0.39 is 0 Å². The number of carbonyl (C=O) groups excluding carboxylic acids is 2. The van der Waals surface area contributed by atoms with E-state index in [9.17, 15) is 9.59 Å². The van der Waals surface area contributed by atoms with Crippen molar-refractivity contribution in [2.45, 2.75) is 51.0 Å². The highest BCUT2D eigenvalue weighted by Gasteiger charge is 2.37. The first kappa shape index (κ1) is 11.4. The van der Waals surface area contributed by atoms with Gasteiger partial charge in [-0.15, -0.1) is 0 Å². The van der Waals surface area contributed by atoms with Crippen LogP contribution in [-0.2, 0) is 9.59 Å². The molecule has 2 fully saturated rings. The summed E-state index contributed by atoms with van der Waals surface area (Å²) in [5.74, 6) is 0.0745. The molecule has 0 atom stereocenters. The minimum absolute atomic E-state index is 0.00439. The first-order valence-electron chi connectivity index (χ1n) is 6.19. The van der Waals surface area contributed by atoms with E-state index in [-0.39, 0.29) is 23.9 Å². The molecule has 0 spiro atoms. The molecule has 0 aromatic heterocycles. The molecule has 2 amide bonds. The van der Waals surface area contributed by atoms with Crippen molar-refractivity contribution in [3.05, 3.63) is 0 Å². The van der Waals surface area contributed by atoms with Crippen LogP contribution >= 0.6 is 0 Å². The van der Waals surface area contributed by atoms with Crippen LogP contribution in [0.15, 0.2) is 0 Å². The fourth-order valence-electron chi connectivity index (χ4n) is 2.85. The molecule has 1 saturated heterocycles. The van der Waals surface area contributed by atoms with Gasteiger partial charge in [0.25, 0.3) is 0 Å². The molecule has 1 aliphatic heterocycles. The second-order valence-electron chi connectivity index (χ2n) is 5.13. The molecule has 16 heavy (non-hydrogen) atoms. The standard InChI is InChI=1S/C12H20N2O2/c1-12(6-3-2-4-7-12)14-8-5-10(15)13-9-11(14)16/h2-9H2,1H3,(H,13,15). The molecule has 0 aromatic carbocycles. The highest BCUT2D eigenvalue weighted by Crippen LogP contribution is 2.33. The van der Waals surface area contributed by atoms with E-state index in [2.05, 4.69) is 12.2 Å². The summed E-state index contributed by atoms with van der Waals surface area (Å²) in [6.07, 6.45) is 6.26. The number of rotatable bonds is 1. The maximum absolute atomic E-state index is 12.0. The third-order valence-corrected chi connectivity index (χ3v) is 3.88. The monoisotopic (exact) mass is 224 g/mol. The van der Waals surface area contributed by atoms with Gasteiger partial charge in [-0.1, -0.05) is 19.3 Å². The van der Waals surface area contributed by atoms with E-state index in [0.717, 1.165) is 12.8 Å². The van der Waals surface area contributed by atoms with Crippen LogP contribution in [0.3, 0.4) is 0 Å². The maximum Gasteiger partial charge on any atom is 0.242 e. The molecule has 0 unspecified atom stereocenters. The number of nitrogens with one attached hydrogen (secondary N) is 1. The molecule has 90 valence electrons. The molecule has 1 aliphatic carbocycles. The summed E-state index contributed by atoms with van der Waals surface area (Å²) in [4.78, 5) is 25.2. The fourth-order valence-corrected chi connectivity index (χ4v) is 2.85. The molecule has 4 heteroatoms. The van der Waals surface area contributed by atoms with Crippen LogP contribution in [0.2, 0.25) is 0 Å². The van der Waals surface area contributed by atoms with Crippen molar-refractivity contribution in [1.82, 2.24) is 10.2 Å². The zero-order valence-electron chi connectivity index (χ0n) is 9.92. The van der Waals surface area contributed by atoms with Crippen LogP contribution in [0.25, 0.3) is 0 Å². The zero-order valence-corrected chi connectivity index (χ0v) is 9.92.